The highest BCUT2D eigenvalue weighted by molar-refractivity contribution is 6.29. The van der Waals surface area contributed by atoms with Crippen LogP contribution in [0.25, 0.3) is 0 Å². The molecule has 0 nitrogen and oxygen atoms in total. The van der Waals surface area contributed by atoms with Gasteiger partial charge in [0.1, 0.15) is 5.38 Å². The highest BCUT2D eigenvalue weighted by Crippen LogP contribution is 2.10. The molecule has 1 unspecified atom stereocenters. The Morgan fingerprint density at radius 3 is 2.30 bits per heavy atom. The zero-order valence-corrected chi connectivity index (χ0v) is 8.19. The molecule has 10 heavy (non-hydrogen) atoms. The van der Waals surface area contributed by atoms with Crippen molar-refractivity contribution in [1.82, 2.24) is 0 Å². The lowest BCUT2D eigenvalue weighted by molar-refractivity contribution is 0.915. The second-order valence-electron chi connectivity index (χ2n) is 2.36. The van der Waals surface area contributed by atoms with Gasteiger partial charge in [0.05, 0.1) is 4.87 Å². The van der Waals surface area contributed by atoms with Crippen LogP contribution in [0.4, 0.5) is 0 Å². The molecular formula is C7H9Cl3. The molecule has 0 saturated heterocycles. The van der Waals surface area contributed by atoms with E-state index in [1.807, 2.05) is 0 Å². The van der Waals surface area contributed by atoms with Gasteiger partial charge in [0.2, 0.25) is 0 Å². The number of hydrogen-bond acceptors (Lipinski definition) is 0. The van der Waals surface area contributed by atoms with Gasteiger partial charge in [-0.25, -0.2) is 0 Å². The van der Waals surface area contributed by atoms with Gasteiger partial charge >= 0.3 is 0 Å². The van der Waals surface area contributed by atoms with E-state index < -0.39 is 4.87 Å². The van der Waals surface area contributed by atoms with E-state index >= 15 is 0 Å². The van der Waals surface area contributed by atoms with Crippen LogP contribution in [0.1, 0.15) is 13.8 Å². The third-order valence-corrected chi connectivity index (χ3v) is 1.49. The molecule has 0 bridgehead atoms. The van der Waals surface area contributed by atoms with Crippen LogP contribution in [-0.2, 0) is 0 Å². The van der Waals surface area contributed by atoms with E-state index in [0.29, 0.717) is 5.88 Å². The first kappa shape index (κ1) is 10.4. The van der Waals surface area contributed by atoms with Crippen molar-refractivity contribution in [3.63, 3.8) is 0 Å². The van der Waals surface area contributed by atoms with E-state index in [-0.39, 0.29) is 5.38 Å². The molecule has 1 atom stereocenters. The van der Waals surface area contributed by atoms with Gasteiger partial charge in [-0.05, 0) is 13.8 Å². The van der Waals surface area contributed by atoms with Gasteiger partial charge < -0.3 is 0 Å². The maximum Gasteiger partial charge on any atom is 0.108 e. The van der Waals surface area contributed by atoms with E-state index in [9.17, 15) is 0 Å². The molecule has 0 saturated carbocycles. The molecule has 0 aromatic rings. The number of hydrogen-bond donors (Lipinski definition) is 0. The van der Waals surface area contributed by atoms with Gasteiger partial charge in [0.15, 0.2) is 0 Å². The van der Waals surface area contributed by atoms with E-state index in [0.717, 1.165) is 0 Å². The Morgan fingerprint density at radius 1 is 1.50 bits per heavy atom. The van der Waals surface area contributed by atoms with Gasteiger partial charge in [0.25, 0.3) is 0 Å². The molecule has 0 radical (unpaired) electrons. The second kappa shape index (κ2) is 4.34. The van der Waals surface area contributed by atoms with E-state index in [4.69, 9.17) is 34.8 Å². The maximum absolute atomic E-state index is 5.76. The summed E-state index contributed by atoms with van der Waals surface area (Å²) in [5, 5.41) is -0.292. The summed E-state index contributed by atoms with van der Waals surface area (Å²) in [7, 11) is 0. The Morgan fingerprint density at radius 2 is 2.00 bits per heavy atom. The Kier molecular flexibility index (Phi) is 4.52. The van der Waals surface area contributed by atoms with Crippen molar-refractivity contribution < 1.29 is 0 Å². The quantitative estimate of drug-likeness (QED) is 0.450. The molecule has 0 aromatic carbocycles. The van der Waals surface area contributed by atoms with Crippen LogP contribution in [0.5, 0.6) is 0 Å². The zero-order chi connectivity index (χ0) is 8.20. The smallest absolute Gasteiger partial charge is 0.108 e. The van der Waals surface area contributed by atoms with Crippen LogP contribution >= 0.6 is 34.8 Å². The van der Waals surface area contributed by atoms with Crippen LogP contribution in [0.3, 0.4) is 0 Å². The van der Waals surface area contributed by atoms with Crippen molar-refractivity contribution in [1.29, 1.82) is 0 Å². The summed E-state index contributed by atoms with van der Waals surface area (Å²) >= 11 is 16.8. The third kappa shape index (κ3) is 6.55. The predicted octanol–water partition coefficient (Wildman–Crippen LogP) is 2.85. The topological polar surface area (TPSA) is 0 Å². The molecule has 0 rings (SSSR count). The summed E-state index contributed by atoms with van der Waals surface area (Å²) in [6.07, 6.45) is 0. The molecule has 0 aliphatic rings. The van der Waals surface area contributed by atoms with Gasteiger partial charge in [0, 0.05) is 5.88 Å². The minimum atomic E-state index is -0.501. The van der Waals surface area contributed by atoms with Crippen molar-refractivity contribution in [3.8, 4) is 11.8 Å². The maximum atomic E-state index is 5.76. The Labute approximate surface area is 76.8 Å². The van der Waals surface area contributed by atoms with Crippen molar-refractivity contribution >= 4 is 34.8 Å². The molecule has 0 fully saturated rings. The highest BCUT2D eigenvalue weighted by atomic mass is 35.5. The molecular weight excluding hydrogens is 190 g/mol. The Hall–Kier alpha value is 0.430. The summed E-state index contributed by atoms with van der Waals surface area (Å²) in [5.41, 5.74) is 0. The Bertz CT molecular complexity index is 146. The lowest BCUT2D eigenvalue weighted by atomic mass is 10.2. The summed E-state index contributed by atoms with van der Waals surface area (Å²) in [5.74, 6) is 5.83. The minimum absolute atomic E-state index is 0.292. The average Bonchev–Trinajstić information content (AvgIpc) is 1.81. The van der Waals surface area contributed by atoms with Crippen LogP contribution in [0.2, 0.25) is 0 Å². The standard InChI is InChI=1S/C7H9Cl3/c1-7(2,10)4-3-6(9)5-8/h6H,5H2,1-2H3. The molecule has 0 N–H and O–H groups in total. The van der Waals surface area contributed by atoms with Crippen LogP contribution < -0.4 is 0 Å². The summed E-state index contributed by atoms with van der Waals surface area (Å²) in [6, 6.07) is 0. The first-order valence-electron chi connectivity index (χ1n) is 2.87. The van der Waals surface area contributed by atoms with Crippen LogP contribution in [-0.4, -0.2) is 16.1 Å². The highest BCUT2D eigenvalue weighted by Gasteiger charge is 2.07. The van der Waals surface area contributed by atoms with Gasteiger partial charge in [-0.2, -0.15) is 0 Å². The fourth-order valence-corrected chi connectivity index (χ4v) is 0.475. The zero-order valence-electron chi connectivity index (χ0n) is 5.92. The SMILES string of the molecule is CC(C)(Cl)C#CC(Cl)CCl. The van der Waals surface area contributed by atoms with Gasteiger partial charge in [-0.3, -0.25) is 0 Å². The summed E-state index contributed by atoms with van der Waals surface area (Å²) in [4.78, 5) is -0.501. The molecule has 0 spiro atoms. The minimum Gasteiger partial charge on any atom is -0.124 e. The van der Waals surface area contributed by atoms with Crippen LogP contribution in [0.15, 0.2) is 0 Å². The average molecular weight is 200 g/mol. The normalized spacial score (nSPS) is 13.7. The van der Waals surface area contributed by atoms with Gasteiger partial charge in [-0.1, -0.05) is 11.8 Å². The molecule has 0 aromatic heterocycles. The number of halogens is 3. The molecule has 0 aliphatic carbocycles. The molecule has 0 heterocycles. The summed E-state index contributed by atoms with van der Waals surface area (Å²) < 4.78 is 0. The van der Waals surface area contributed by atoms with E-state index in [2.05, 4.69) is 11.8 Å². The Balaban J connectivity index is 3.91. The van der Waals surface area contributed by atoms with Gasteiger partial charge in [-0.15, -0.1) is 34.8 Å². The molecule has 3 heteroatoms. The first-order chi connectivity index (χ1) is 4.45. The lowest BCUT2D eigenvalue weighted by Crippen LogP contribution is -2.07. The van der Waals surface area contributed by atoms with Crippen molar-refractivity contribution in [2.24, 2.45) is 0 Å². The third-order valence-electron chi connectivity index (χ3n) is 0.662. The largest absolute Gasteiger partial charge is 0.124 e. The van der Waals surface area contributed by atoms with E-state index in [1.54, 1.807) is 13.8 Å². The predicted molar refractivity (Wildman–Crippen MR) is 48.1 cm³/mol. The lowest BCUT2D eigenvalue weighted by Gasteiger charge is -2.04. The fourth-order valence-electron chi connectivity index (χ4n) is 0.288. The van der Waals surface area contributed by atoms with Crippen molar-refractivity contribution in [3.05, 3.63) is 0 Å². The van der Waals surface area contributed by atoms with Crippen LogP contribution in [0, 0.1) is 11.8 Å². The molecule has 0 aliphatic heterocycles. The monoisotopic (exact) mass is 198 g/mol. The fraction of sp³-hybridized carbons (Fsp3) is 0.714. The second-order valence-corrected chi connectivity index (χ2v) is 4.14. The number of rotatable bonds is 1. The van der Waals surface area contributed by atoms with E-state index in [1.165, 1.54) is 0 Å². The van der Waals surface area contributed by atoms with Crippen molar-refractivity contribution in [2.45, 2.75) is 24.1 Å². The molecule has 58 valence electrons. The summed E-state index contributed by atoms with van der Waals surface area (Å²) in [6.45, 7) is 3.61. The molecule has 0 amide bonds. The number of alkyl halides is 3. The van der Waals surface area contributed by atoms with Crippen molar-refractivity contribution in [2.75, 3.05) is 5.88 Å². The first-order valence-corrected chi connectivity index (χ1v) is 4.22.